The summed E-state index contributed by atoms with van der Waals surface area (Å²) in [6, 6.07) is 19.3. The van der Waals surface area contributed by atoms with Gasteiger partial charge >= 0.3 is 5.97 Å². The Hall–Kier alpha value is -2.94. The molecule has 0 fully saturated rings. The molecule has 2 aromatic carbocycles. The highest BCUT2D eigenvalue weighted by atomic mass is 35.5. The van der Waals surface area contributed by atoms with Crippen LogP contribution in [0.15, 0.2) is 70.9 Å². The quantitative estimate of drug-likeness (QED) is 0.461. The van der Waals surface area contributed by atoms with E-state index < -0.39 is 17.8 Å². The average Bonchev–Trinajstić information content (AvgIpc) is 2.74. The van der Waals surface area contributed by atoms with Gasteiger partial charge in [-0.2, -0.15) is 5.26 Å². The molecule has 0 saturated carbocycles. The molecule has 2 atom stereocenters. The summed E-state index contributed by atoms with van der Waals surface area (Å²) in [5.41, 5.74) is 3.33. The number of carbonyl (C=O) groups is 1. The van der Waals surface area contributed by atoms with Crippen LogP contribution >= 0.6 is 11.6 Å². The molecule has 6 heteroatoms. The van der Waals surface area contributed by atoms with Gasteiger partial charge in [-0.15, -0.1) is 0 Å². The molecule has 0 saturated heterocycles. The van der Waals surface area contributed by atoms with Gasteiger partial charge in [0.1, 0.15) is 6.61 Å². The van der Waals surface area contributed by atoms with Gasteiger partial charge in [0.15, 0.2) is 0 Å². The monoisotopic (exact) mass is 422 g/mol. The lowest BCUT2D eigenvalue weighted by Crippen LogP contribution is -2.30. The normalized spacial score (nSPS) is 18.5. The zero-order valence-corrected chi connectivity index (χ0v) is 17.7. The topological polar surface area (TPSA) is 71.7 Å². The molecule has 0 aromatic heterocycles. The first-order valence-corrected chi connectivity index (χ1v) is 10.1. The first-order valence-electron chi connectivity index (χ1n) is 9.71. The minimum atomic E-state index is -0.592. The first-order chi connectivity index (χ1) is 14.5. The minimum absolute atomic E-state index is 0.109. The molecule has 0 amide bonds. The van der Waals surface area contributed by atoms with E-state index in [9.17, 15) is 10.1 Å². The smallest absolute Gasteiger partial charge is 0.336 e. The number of benzene rings is 2. The summed E-state index contributed by atoms with van der Waals surface area (Å²) in [5.74, 6) is -1.62. The molecule has 2 unspecified atom stereocenters. The number of nitriles is 1. The second-order valence-electron chi connectivity index (χ2n) is 7.03. The molecule has 0 radical (unpaired) electrons. The van der Waals surface area contributed by atoms with Crippen molar-refractivity contribution in [1.82, 2.24) is 0 Å². The van der Waals surface area contributed by atoms with Crippen LogP contribution in [0.1, 0.15) is 30.9 Å². The third-order valence-corrected chi connectivity index (χ3v) is 5.34. The van der Waals surface area contributed by atoms with Crippen molar-refractivity contribution < 1.29 is 14.3 Å². The van der Waals surface area contributed by atoms with E-state index in [1.54, 1.807) is 19.9 Å². The summed E-state index contributed by atoms with van der Waals surface area (Å²) in [5, 5.41) is 10.3. The molecule has 1 aliphatic heterocycles. The van der Waals surface area contributed by atoms with Crippen molar-refractivity contribution in [2.45, 2.75) is 26.4 Å². The van der Waals surface area contributed by atoms with Crippen LogP contribution in [0, 0.1) is 17.2 Å². The summed E-state index contributed by atoms with van der Waals surface area (Å²) in [4.78, 5) is 17.4. The Morgan fingerprint density at radius 1 is 1.10 bits per heavy atom. The van der Waals surface area contributed by atoms with Gasteiger partial charge in [0.05, 0.1) is 30.8 Å². The van der Waals surface area contributed by atoms with Gasteiger partial charge < -0.3 is 9.47 Å². The standard InChI is InChI=1S/C24H23ClN2O3/c1-16-20(14-26)23(19-10-6-7-11-21(19)25)22(17(2)27-16)24(28)30-13-12-29-15-18-8-4-3-5-9-18/h3-11,20,23H,12-13,15H2,1-2H3. The van der Waals surface area contributed by atoms with Gasteiger partial charge in [-0.3, -0.25) is 4.99 Å². The van der Waals surface area contributed by atoms with Crippen molar-refractivity contribution in [3.8, 4) is 6.07 Å². The van der Waals surface area contributed by atoms with Crippen molar-refractivity contribution >= 4 is 23.3 Å². The lowest BCUT2D eigenvalue weighted by molar-refractivity contribution is -0.141. The Kier molecular flexibility index (Phi) is 7.40. The molecule has 0 bridgehead atoms. The van der Waals surface area contributed by atoms with Gasteiger partial charge in [0.2, 0.25) is 0 Å². The van der Waals surface area contributed by atoms with E-state index in [4.69, 9.17) is 21.1 Å². The van der Waals surface area contributed by atoms with Crippen molar-refractivity contribution in [1.29, 1.82) is 5.26 Å². The van der Waals surface area contributed by atoms with Crippen LogP contribution in [0.2, 0.25) is 5.02 Å². The molecule has 3 rings (SSSR count). The van der Waals surface area contributed by atoms with Crippen molar-refractivity contribution in [2.75, 3.05) is 13.2 Å². The number of halogens is 1. The number of hydrogen-bond donors (Lipinski definition) is 0. The number of ether oxygens (including phenoxy) is 2. The van der Waals surface area contributed by atoms with Gasteiger partial charge in [0.25, 0.3) is 0 Å². The Labute approximate surface area is 181 Å². The minimum Gasteiger partial charge on any atom is -0.460 e. The summed E-state index contributed by atoms with van der Waals surface area (Å²) >= 11 is 6.41. The SMILES string of the molecule is CC1=NC(C)=C(C(=O)OCCOCc2ccccc2)C(c2ccccc2Cl)C1C#N. The second kappa shape index (κ2) is 10.2. The molecule has 154 valence electrons. The highest BCUT2D eigenvalue weighted by Crippen LogP contribution is 2.41. The van der Waals surface area contributed by atoms with Crippen LogP contribution in [0.5, 0.6) is 0 Å². The lowest BCUT2D eigenvalue weighted by Gasteiger charge is -2.29. The van der Waals surface area contributed by atoms with Crippen molar-refractivity contribution in [2.24, 2.45) is 10.9 Å². The maximum atomic E-state index is 12.9. The number of esters is 1. The fraction of sp³-hybridized carbons (Fsp3) is 0.292. The van der Waals surface area contributed by atoms with Gasteiger partial charge in [-0.25, -0.2) is 4.79 Å². The van der Waals surface area contributed by atoms with E-state index in [-0.39, 0.29) is 13.2 Å². The number of nitrogens with zero attached hydrogens (tertiary/aromatic N) is 2. The zero-order valence-electron chi connectivity index (χ0n) is 17.0. The first kappa shape index (κ1) is 21.8. The summed E-state index contributed by atoms with van der Waals surface area (Å²) in [6.07, 6.45) is 0. The Morgan fingerprint density at radius 2 is 1.80 bits per heavy atom. The number of carbonyl (C=O) groups excluding carboxylic acids is 1. The molecular formula is C24H23ClN2O3. The third-order valence-electron chi connectivity index (χ3n) is 5.00. The van der Waals surface area contributed by atoms with Crippen molar-refractivity contribution in [3.05, 3.63) is 82.0 Å². The average molecular weight is 423 g/mol. The van der Waals surface area contributed by atoms with E-state index in [1.807, 2.05) is 48.5 Å². The number of allylic oxidation sites excluding steroid dienone is 1. The van der Waals surface area contributed by atoms with Gasteiger partial charge in [-0.05, 0) is 31.0 Å². The summed E-state index contributed by atoms with van der Waals surface area (Å²) < 4.78 is 11.0. The van der Waals surface area contributed by atoms with E-state index in [0.29, 0.717) is 34.2 Å². The maximum absolute atomic E-state index is 12.9. The van der Waals surface area contributed by atoms with Gasteiger partial charge in [0, 0.05) is 22.3 Å². The van der Waals surface area contributed by atoms with Crippen LogP contribution in [0.4, 0.5) is 0 Å². The number of hydrogen-bond acceptors (Lipinski definition) is 5. The molecular weight excluding hydrogens is 400 g/mol. The van der Waals surface area contributed by atoms with E-state index in [1.165, 1.54) is 0 Å². The van der Waals surface area contributed by atoms with E-state index in [2.05, 4.69) is 11.1 Å². The van der Waals surface area contributed by atoms with Crippen LogP contribution in [-0.4, -0.2) is 24.9 Å². The number of rotatable bonds is 7. The molecule has 0 aliphatic carbocycles. The zero-order chi connectivity index (χ0) is 21.5. The predicted molar refractivity (Wildman–Crippen MR) is 116 cm³/mol. The fourth-order valence-corrected chi connectivity index (χ4v) is 3.82. The molecule has 30 heavy (non-hydrogen) atoms. The highest BCUT2D eigenvalue weighted by Gasteiger charge is 2.38. The highest BCUT2D eigenvalue weighted by molar-refractivity contribution is 6.31. The molecule has 0 N–H and O–H groups in total. The molecule has 5 nitrogen and oxygen atoms in total. The Morgan fingerprint density at radius 3 is 2.50 bits per heavy atom. The largest absolute Gasteiger partial charge is 0.460 e. The molecule has 1 aliphatic rings. The fourth-order valence-electron chi connectivity index (χ4n) is 3.57. The third kappa shape index (κ3) is 4.96. The Balaban J connectivity index is 1.72. The maximum Gasteiger partial charge on any atom is 0.336 e. The van der Waals surface area contributed by atoms with E-state index in [0.717, 1.165) is 5.56 Å². The molecule has 2 aromatic rings. The van der Waals surface area contributed by atoms with Gasteiger partial charge in [-0.1, -0.05) is 60.1 Å². The molecule has 0 spiro atoms. The molecule has 1 heterocycles. The van der Waals surface area contributed by atoms with E-state index >= 15 is 0 Å². The summed E-state index contributed by atoms with van der Waals surface area (Å²) in [6.45, 7) is 4.37. The predicted octanol–water partition coefficient (Wildman–Crippen LogP) is 5.07. The van der Waals surface area contributed by atoms with Crippen molar-refractivity contribution in [3.63, 3.8) is 0 Å². The second-order valence-corrected chi connectivity index (χ2v) is 7.44. The van der Waals surface area contributed by atoms with Crippen LogP contribution in [-0.2, 0) is 20.9 Å². The lowest BCUT2D eigenvalue weighted by atomic mass is 9.76. The van der Waals surface area contributed by atoms with Crippen LogP contribution in [0.3, 0.4) is 0 Å². The Bertz CT molecular complexity index is 1010. The number of aliphatic imine (C=N–C) groups is 1. The summed E-state index contributed by atoms with van der Waals surface area (Å²) in [7, 11) is 0. The van der Waals surface area contributed by atoms with Crippen LogP contribution < -0.4 is 0 Å². The van der Waals surface area contributed by atoms with Crippen LogP contribution in [0.25, 0.3) is 0 Å².